The van der Waals surface area contributed by atoms with Crippen molar-refractivity contribution in [3.63, 3.8) is 0 Å². The van der Waals surface area contributed by atoms with E-state index in [0.29, 0.717) is 19.6 Å². The predicted octanol–water partition coefficient (Wildman–Crippen LogP) is 1.73. The Morgan fingerprint density at radius 3 is 2.45 bits per heavy atom. The van der Waals surface area contributed by atoms with Crippen molar-refractivity contribution < 1.29 is 9.59 Å². The van der Waals surface area contributed by atoms with Gasteiger partial charge in [-0.05, 0) is 18.4 Å². The molecule has 2 amide bonds. The van der Waals surface area contributed by atoms with Crippen molar-refractivity contribution >= 4 is 23.2 Å². The molecule has 22 heavy (non-hydrogen) atoms. The summed E-state index contributed by atoms with van der Waals surface area (Å²) < 4.78 is 0. The van der Waals surface area contributed by atoms with Gasteiger partial charge in [-0.2, -0.15) is 0 Å². The third-order valence-corrected chi connectivity index (χ3v) is 4.95. The molecule has 0 unspecified atom stereocenters. The van der Waals surface area contributed by atoms with E-state index in [4.69, 9.17) is 0 Å². The van der Waals surface area contributed by atoms with E-state index >= 15 is 0 Å². The number of hydrogen-bond acceptors (Lipinski definition) is 4. The quantitative estimate of drug-likeness (QED) is 0.898. The van der Waals surface area contributed by atoms with Gasteiger partial charge in [0.1, 0.15) is 0 Å². The van der Waals surface area contributed by atoms with E-state index in [9.17, 15) is 9.59 Å². The first-order chi connectivity index (χ1) is 10.5. The summed E-state index contributed by atoms with van der Waals surface area (Å²) in [4.78, 5) is 29.2. The van der Waals surface area contributed by atoms with Gasteiger partial charge in [-0.15, -0.1) is 11.3 Å². The van der Waals surface area contributed by atoms with Gasteiger partial charge in [-0.25, -0.2) is 0 Å². The second-order valence-electron chi connectivity index (χ2n) is 6.06. The van der Waals surface area contributed by atoms with Gasteiger partial charge >= 0.3 is 0 Å². The fourth-order valence-electron chi connectivity index (χ4n) is 2.59. The Morgan fingerprint density at radius 1 is 1.23 bits per heavy atom. The zero-order chi connectivity index (χ0) is 16.1. The van der Waals surface area contributed by atoms with Gasteiger partial charge in [0, 0.05) is 37.0 Å². The van der Waals surface area contributed by atoms with Crippen molar-refractivity contribution in [2.45, 2.75) is 26.8 Å². The van der Waals surface area contributed by atoms with Crippen molar-refractivity contribution in [1.29, 1.82) is 0 Å². The Labute approximate surface area is 136 Å². The Balaban J connectivity index is 1.74. The summed E-state index contributed by atoms with van der Waals surface area (Å²) in [6.45, 7) is 9.21. The Bertz CT molecular complexity index is 493. The average molecular weight is 323 g/mol. The second-order valence-corrected chi connectivity index (χ2v) is 7.04. The third kappa shape index (κ3) is 4.55. The lowest BCUT2D eigenvalue weighted by Gasteiger charge is -2.35. The van der Waals surface area contributed by atoms with Crippen LogP contribution >= 0.6 is 11.3 Å². The van der Waals surface area contributed by atoms with Crippen LogP contribution in [0.15, 0.2) is 17.5 Å². The topological polar surface area (TPSA) is 52.7 Å². The van der Waals surface area contributed by atoms with Gasteiger partial charge in [-0.3, -0.25) is 14.5 Å². The molecule has 6 heteroatoms. The monoisotopic (exact) mass is 323 g/mol. The van der Waals surface area contributed by atoms with E-state index in [1.165, 1.54) is 4.88 Å². The van der Waals surface area contributed by atoms with E-state index in [1.54, 1.807) is 11.3 Å². The lowest BCUT2D eigenvalue weighted by molar-refractivity contribution is -0.136. The molecule has 1 aliphatic rings. The van der Waals surface area contributed by atoms with Crippen LogP contribution in [-0.2, 0) is 9.59 Å². The first-order valence-electron chi connectivity index (χ1n) is 7.81. The fraction of sp³-hybridized carbons (Fsp3) is 0.625. The molecule has 5 nitrogen and oxygen atoms in total. The van der Waals surface area contributed by atoms with Gasteiger partial charge < -0.3 is 10.2 Å². The fourth-order valence-corrected chi connectivity index (χ4v) is 3.32. The molecule has 0 radical (unpaired) electrons. The molecular formula is C16H25N3O2S. The van der Waals surface area contributed by atoms with E-state index in [2.05, 4.69) is 10.2 Å². The number of nitrogens with zero attached hydrogens (tertiary/aromatic N) is 2. The Kier molecular flexibility index (Phi) is 5.97. The van der Waals surface area contributed by atoms with Crippen LogP contribution in [0.2, 0.25) is 0 Å². The van der Waals surface area contributed by atoms with Gasteiger partial charge in [0.05, 0.1) is 12.6 Å². The zero-order valence-electron chi connectivity index (χ0n) is 13.5. The van der Waals surface area contributed by atoms with Crippen molar-refractivity contribution in [3.8, 4) is 0 Å². The SMILES string of the molecule is CC(C)C(=O)N1CCN(CC(=O)N[C@@H](C)c2cccs2)CC1. The lowest BCUT2D eigenvalue weighted by Crippen LogP contribution is -2.52. The zero-order valence-corrected chi connectivity index (χ0v) is 14.4. The standard InChI is InChI=1S/C16H25N3O2S/c1-12(2)16(21)19-8-6-18(7-9-19)11-15(20)17-13(3)14-5-4-10-22-14/h4-5,10,12-13H,6-9,11H2,1-3H3,(H,17,20)/t13-/m0/s1. The molecular weight excluding hydrogens is 298 g/mol. The van der Waals surface area contributed by atoms with Crippen LogP contribution in [0.5, 0.6) is 0 Å². The van der Waals surface area contributed by atoms with E-state index in [1.807, 2.05) is 43.2 Å². The molecule has 1 N–H and O–H groups in total. The maximum atomic E-state index is 12.1. The molecule has 2 rings (SSSR count). The highest BCUT2D eigenvalue weighted by molar-refractivity contribution is 7.10. The number of piperazine rings is 1. The van der Waals surface area contributed by atoms with Crippen LogP contribution in [-0.4, -0.2) is 54.3 Å². The highest BCUT2D eigenvalue weighted by Crippen LogP contribution is 2.18. The van der Waals surface area contributed by atoms with Gasteiger partial charge in [-0.1, -0.05) is 19.9 Å². The Morgan fingerprint density at radius 2 is 1.91 bits per heavy atom. The highest BCUT2D eigenvalue weighted by Gasteiger charge is 2.24. The summed E-state index contributed by atoms with van der Waals surface area (Å²) >= 11 is 1.65. The van der Waals surface area contributed by atoms with Gasteiger partial charge in [0.25, 0.3) is 0 Å². The predicted molar refractivity (Wildman–Crippen MR) is 88.7 cm³/mol. The minimum absolute atomic E-state index is 0.0431. The number of rotatable bonds is 5. The largest absolute Gasteiger partial charge is 0.348 e. The minimum Gasteiger partial charge on any atom is -0.348 e. The van der Waals surface area contributed by atoms with E-state index in [-0.39, 0.29) is 23.8 Å². The lowest BCUT2D eigenvalue weighted by atomic mass is 10.1. The number of carbonyl (C=O) groups is 2. The average Bonchev–Trinajstić information content (AvgIpc) is 3.01. The molecule has 1 fully saturated rings. The maximum absolute atomic E-state index is 12.1. The Hall–Kier alpha value is -1.40. The van der Waals surface area contributed by atoms with Gasteiger partial charge in [0.15, 0.2) is 0 Å². The van der Waals surface area contributed by atoms with Crippen molar-refractivity contribution in [3.05, 3.63) is 22.4 Å². The number of amides is 2. The molecule has 0 bridgehead atoms. The number of hydrogen-bond donors (Lipinski definition) is 1. The molecule has 0 aliphatic carbocycles. The first-order valence-corrected chi connectivity index (χ1v) is 8.69. The summed E-state index contributed by atoms with van der Waals surface area (Å²) in [5.41, 5.74) is 0. The van der Waals surface area contributed by atoms with Crippen LogP contribution in [0.4, 0.5) is 0 Å². The highest BCUT2D eigenvalue weighted by atomic mass is 32.1. The first kappa shape index (κ1) is 17.0. The number of carbonyl (C=O) groups excluding carboxylic acids is 2. The van der Waals surface area contributed by atoms with E-state index < -0.39 is 0 Å². The molecule has 122 valence electrons. The molecule has 1 aliphatic heterocycles. The van der Waals surface area contributed by atoms with Crippen LogP contribution in [0, 0.1) is 5.92 Å². The van der Waals surface area contributed by atoms with Crippen molar-refractivity contribution in [2.75, 3.05) is 32.7 Å². The van der Waals surface area contributed by atoms with Crippen LogP contribution in [0.1, 0.15) is 31.7 Å². The molecule has 1 aromatic heterocycles. The summed E-state index contributed by atoms with van der Waals surface area (Å²) in [5, 5.41) is 5.05. The molecule has 0 aromatic carbocycles. The minimum atomic E-state index is 0.0431. The second kappa shape index (κ2) is 7.74. The molecule has 0 spiro atoms. The van der Waals surface area contributed by atoms with Crippen molar-refractivity contribution in [2.24, 2.45) is 5.92 Å². The molecule has 2 heterocycles. The number of thiophene rings is 1. The summed E-state index contributed by atoms with van der Waals surface area (Å²) in [6, 6.07) is 4.08. The van der Waals surface area contributed by atoms with Crippen LogP contribution < -0.4 is 5.32 Å². The molecule has 1 atom stereocenters. The summed E-state index contributed by atoms with van der Waals surface area (Å²) in [7, 11) is 0. The van der Waals surface area contributed by atoms with Crippen LogP contribution in [0.25, 0.3) is 0 Å². The van der Waals surface area contributed by atoms with E-state index in [0.717, 1.165) is 13.1 Å². The van der Waals surface area contributed by atoms with Crippen LogP contribution in [0.3, 0.4) is 0 Å². The molecule has 0 saturated carbocycles. The number of nitrogens with one attached hydrogen (secondary N) is 1. The summed E-state index contributed by atoms with van der Waals surface area (Å²) in [6.07, 6.45) is 0. The van der Waals surface area contributed by atoms with Crippen molar-refractivity contribution in [1.82, 2.24) is 15.1 Å². The smallest absolute Gasteiger partial charge is 0.234 e. The maximum Gasteiger partial charge on any atom is 0.234 e. The normalized spacial score (nSPS) is 17.5. The molecule has 1 aromatic rings. The van der Waals surface area contributed by atoms with Gasteiger partial charge in [0.2, 0.25) is 11.8 Å². The molecule has 1 saturated heterocycles. The summed E-state index contributed by atoms with van der Waals surface area (Å²) in [5.74, 6) is 0.293. The third-order valence-electron chi connectivity index (χ3n) is 3.89.